The number of carbonyl (C=O) groups excluding carboxylic acids is 1. The summed E-state index contributed by atoms with van der Waals surface area (Å²) in [6.45, 7) is 0.538. The summed E-state index contributed by atoms with van der Waals surface area (Å²) in [5.74, 6) is 1.51. The third kappa shape index (κ3) is 5.67. The second-order valence-electron chi connectivity index (χ2n) is 6.23. The molecule has 3 aromatic rings. The highest BCUT2D eigenvalue weighted by Gasteiger charge is 2.08. The number of hydrogen-bond donors (Lipinski definition) is 1. The van der Waals surface area contributed by atoms with Gasteiger partial charge in [-0.1, -0.05) is 23.4 Å². The number of amides is 1. The molecule has 1 amide bonds. The molecule has 0 atom stereocenters. The minimum atomic E-state index is 0.0513. The lowest BCUT2D eigenvalue weighted by Gasteiger charge is -2.04. The molecule has 0 saturated carbocycles. The van der Waals surface area contributed by atoms with E-state index in [-0.39, 0.29) is 5.91 Å². The van der Waals surface area contributed by atoms with Crippen LogP contribution in [0.4, 0.5) is 0 Å². The first-order valence-electron chi connectivity index (χ1n) is 9.00. The SMILES string of the molecule is COc1cccc(-c2cc(CCNC(=O)CCCc3cccnc3)no2)c1. The summed E-state index contributed by atoms with van der Waals surface area (Å²) in [7, 11) is 1.63. The molecule has 0 aliphatic rings. The Labute approximate surface area is 158 Å². The van der Waals surface area contributed by atoms with Gasteiger partial charge >= 0.3 is 0 Å². The highest BCUT2D eigenvalue weighted by Crippen LogP contribution is 2.24. The molecule has 0 bridgehead atoms. The number of nitrogens with one attached hydrogen (secondary N) is 1. The van der Waals surface area contributed by atoms with Crippen molar-refractivity contribution in [3.63, 3.8) is 0 Å². The molecule has 1 aromatic carbocycles. The number of pyridine rings is 1. The molecule has 0 unspecified atom stereocenters. The fraction of sp³-hybridized carbons (Fsp3) is 0.286. The third-order valence-corrected chi connectivity index (χ3v) is 4.21. The van der Waals surface area contributed by atoms with Gasteiger partial charge in [0.25, 0.3) is 0 Å². The van der Waals surface area contributed by atoms with Gasteiger partial charge < -0.3 is 14.6 Å². The van der Waals surface area contributed by atoms with E-state index in [1.54, 1.807) is 13.3 Å². The van der Waals surface area contributed by atoms with E-state index in [0.29, 0.717) is 25.1 Å². The van der Waals surface area contributed by atoms with Crippen LogP contribution in [0.25, 0.3) is 11.3 Å². The van der Waals surface area contributed by atoms with Crippen LogP contribution >= 0.6 is 0 Å². The summed E-state index contributed by atoms with van der Waals surface area (Å²) in [6.07, 6.45) is 6.38. The van der Waals surface area contributed by atoms with Crippen LogP contribution in [-0.4, -0.2) is 29.7 Å². The number of aromatic nitrogens is 2. The standard InChI is InChI=1S/C21H23N3O3/c1-26-19-8-3-7-17(13-19)20-14-18(24-27-20)10-12-23-21(25)9-2-5-16-6-4-11-22-15-16/h3-4,6-8,11,13-15H,2,5,9-10,12H2,1H3,(H,23,25). The second kappa shape index (κ2) is 9.52. The van der Waals surface area contributed by atoms with Crippen LogP contribution in [-0.2, 0) is 17.6 Å². The first kappa shape index (κ1) is 18.6. The molecule has 0 radical (unpaired) electrons. The highest BCUT2D eigenvalue weighted by molar-refractivity contribution is 5.75. The summed E-state index contributed by atoms with van der Waals surface area (Å²) >= 11 is 0. The normalized spacial score (nSPS) is 10.6. The summed E-state index contributed by atoms with van der Waals surface area (Å²) in [4.78, 5) is 16.0. The van der Waals surface area contributed by atoms with E-state index < -0.39 is 0 Å². The molecule has 3 rings (SSSR count). The van der Waals surface area contributed by atoms with Crippen LogP contribution in [0, 0.1) is 0 Å². The van der Waals surface area contributed by atoms with Crippen LogP contribution < -0.4 is 10.1 Å². The molecule has 6 nitrogen and oxygen atoms in total. The van der Waals surface area contributed by atoms with Crippen molar-refractivity contribution in [1.82, 2.24) is 15.5 Å². The molecule has 0 spiro atoms. The van der Waals surface area contributed by atoms with Gasteiger partial charge in [-0.25, -0.2) is 0 Å². The fourth-order valence-corrected chi connectivity index (χ4v) is 2.76. The Morgan fingerprint density at radius 2 is 2.11 bits per heavy atom. The Morgan fingerprint density at radius 1 is 1.19 bits per heavy atom. The van der Waals surface area contributed by atoms with Crippen LogP contribution in [0.1, 0.15) is 24.1 Å². The number of rotatable bonds is 9. The number of ether oxygens (including phenoxy) is 1. The lowest BCUT2D eigenvalue weighted by Crippen LogP contribution is -2.25. The molecule has 0 saturated heterocycles. The lowest BCUT2D eigenvalue weighted by molar-refractivity contribution is -0.121. The predicted molar refractivity (Wildman–Crippen MR) is 102 cm³/mol. The van der Waals surface area contributed by atoms with E-state index >= 15 is 0 Å². The van der Waals surface area contributed by atoms with Gasteiger partial charge in [-0.05, 0) is 36.6 Å². The molecule has 2 heterocycles. The first-order valence-corrected chi connectivity index (χ1v) is 9.00. The molecule has 0 aliphatic heterocycles. The molecule has 1 N–H and O–H groups in total. The predicted octanol–water partition coefficient (Wildman–Crippen LogP) is 3.43. The fourth-order valence-electron chi connectivity index (χ4n) is 2.76. The zero-order chi connectivity index (χ0) is 18.9. The van der Waals surface area contributed by atoms with E-state index in [0.717, 1.165) is 35.4 Å². The first-order chi connectivity index (χ1) is 13.2. The van der Waals surface area contributed by atoms with Crippen LogP contribution in [0.3, 0.4) is 0 Å². The summed E-state index contributed by atoms with van der Waals surface area (Å²) in [5.41, 5.74) is 2.87. The molecule has 140 valence electrons. The van der Waals surface area contributed by atoms with Crippen LogP contribution in [0.5, 0.6) is 5.75 Å². The minimum Gasteiger partial charge on any atom is -0.497 e. The maximum Gasteiger partial charge on any atom is 0.220 e. The second-order valence-corrected chi connectivity index (χ2v) is 6.23. The maximum atomic E-state index is 11.9. The molecule has 6 heteroatoms. The lowest BCUT2D eigenvalue weighted by atomic mass is 10.1. The quantitative estimate of drug-likeness (QED) is 0.629. The number of methoxy groups -OCH3 is 1. The van der Waals surface area contributed by atoms with Crippen molar-refractivity contribution in [3.8, 4) is 17.1 Å². The van der Waals surface area contributed by atoms with Gasteiger partial charge in [0.05, 0.1) is 12.8 Å². The van der Waals surface area contributed by atoms with Gasteiger partial charge in [0.2, 0.25) is 5.91 Å². The summed E-state index contributed by atoms with van der Waals surface area (Å²) in [6, 6.07) is 13.4. The number of nitrogens with zero attached hydrogens (tertiary/aromatic N) is 2. The van der Waals surface area contributed by atoms with E-state index in [1.807, 2.05) is 48.7 Å². The van der Waals surface area contributed by atoms with Gasteiger partial charge in [0.15, 0.2) is 5.76 Å². The van der Waals surface area contributed by atoms with Gasteiger partial charge in [-0.2, -0.15) is 0 Å². The summed E-state index contributed by atoms with van der Waals surface area (Å²) in [5, 5.41) is 7.00. The third-order valence-electron chi connectivity index (χ3n) is 4.21. The van der Waals surface area contributed by atoms with Crippen molar-refractivity contribution in [2.75, 3.05) is 13.7 Å². The number of aryl methyl sites for hydroxylation is 1. The van der Waals surface area contributed by atoms with Crippen molar-refractivity contribution in [2.24, 2.45) is 0 Å². The van der Waals surface area contributed by atoms with Crippen molar-refractivity contribution < 1.29 is 14.1 Å². The largest absolute Gasteiger partial charge is 0.497 e. The zero-order valence-electron chi connectivity index (χ0n) is 15.4. The van der Waals surface area contributed by atoms with Gasteiger partial charge in [0, 0.05) is 43.4 Å². The van der Waals surface area contributed by atoms with E-state index in [1.165, 1.54) is 0 Å². The van der Waals surface area contributed by atoms with Gasteiger partial charge in [0.1, 0.15) is 5.75 Å². The monoisotopic (exact) mass is 365 g/mol. The van der Waals surface area contributed by atoms with Gasteiger partial charge in [-0.15, -0.1) is 0 Å². The van der Waals surface area contributed by atoms with Crippen LogP contribution in [0.2, 0.25) is 0 Å². The van der Waals surface area contributed by atoms with Crippen molar-refractivity contribution >= 4 is 5.91 Å². The number of carbonyl (C=O) groups is 1. The Kier molecular flexibility index (Phi) is 6.57. The molecular weight excluding hydrogens is 342 g/mol. The smallest absolute Gasteiger partial charge is 0.220 e. The average Bonchev–Trinajstić information content (AvgIpc) is 3.18. The van der Waals surface area contributed by atoms with Crippen molar-refractivity contribution in [3.05, 3.63) is 66.1 Å². The van der Waals surface area contributed by atoms with Gasteiger partial charge in [-0.3, -0.25) is 9.78 Å². The zero-order valence-corrected chi connectivity index (χ0v) is 15.4. The molecular formula is C21H23N3O3. The highest BCUT2D eigenvalue weighted by atomic mass is 16.5. The molecule has 2 aromatic heterocycles. The van der Waals surface area contributed by atoms with Crippen molar-refractivity contribution in [2.45, 2.75) is 25.7 Å². The maximum absolute atomic E-state index is 11.9. The van der Waals surface area contributed by atoms with E-state index in [9.17, 15) is 4.79 Å². The van der Waals surface area contributed by atoms with E-state index in [4.69, 9.17) is 9.26 Å². The Bertz CT molecular complexity index is 862. The molecule has 0 aliphatic carbocycles. The Hall–Kier alpha value is -3.15. The molecule has 27 heavy (non-hydrogen) atoms. The Morgan fingerprint density at radius 3 is 2.93 bits per heavy atom. The Balaban J connectivity index is 1.40. The van der Waals surface area contributed by atoms with Crippen molar-refractivity contribution in [1.29, 1.82) is 0 Å². The minimum absolute atomic E-state index is 0.0513. The number of benzene rings is 1. The van der Waals surface area contributed by atoms with Crippen LogP contribution in [0.15, 0.2) is 59.4 Å². The number of hydrogen-bond acceptors (Lipinski definition) is 5. The topological polar surface area (TPSA) is 77.2 Å². The average molecular weight is 365 g/mol. The van der Waals surface area contributed by atoms with E-state index in [2.05, 4.69) is 15.5 Å². The summed E-state index contributed by atoms with van der Waals surface area (Å²) < 4.78 is 10.6. The molecule has 0 fully saturated rings.